The molecule has 13 heavy (non-hydrogen) atoms. The number of carboxylic acids is 1. The Morgan fingerprint density at radius 2 is 1.85 bits per heavy atom. The zero-order valence-electron chi connectivity index (χ0n) is 7.03. The van der Waals surface area contributed by atoms with E-state index in [9.17, 15) is 4.79 Å². The van der Waals surface area contributed by atoms with E-state index in [0.717, 1.165) is 11.1 Å². The molecule has 1 N–H and O–H groups in total. The van der Waals surface area contributed by atoms with Crippen LogP contribution in [0.25, 0.3) is 0 Å². The van der Waals surface area contributed by atoms with Gasteiger partial charge in [-0.25, -0.2) is 0 Å². The SMILES string of the molecule is N#CCc1ccc(CC(=O)O)cc1. The van der Waals surface area contributed by atoms with E-state index in [1.54, 1.807) is 24.3 Å². The summed E-state index contributed by atoms with van der Waals surface area (Å²) in [6.07, 6.45) is 0.403. The van der Waals surface area contributed by atoms with Gasteiger partial charge in [-0.05, 0) is 11.1 Å². The van der Waals surface area contributed by atoms with E-state index < -0.39 is 5.97 Å². The lowest BCUT2D eigenvalue weighted by Crippen LogP contribution is -1.99. The Morgan fingerprint density at radius 3 is 2.31 bits per heavy atom. The second-order valence-corrected chi connectivity index (χ2v) is 2.72. The first-order chi connectivity index (χ1) is 6.22. The van der Waals surface area contributed by atoms with Gasteiger partial charge in [0.25, 0.3) is 0 Å². The van der Waals surface area contributed by atoms with E-state index in [-0.39, 0.29) is 6.42 Å². The van der Waals surface area contributed by atoms with Crippen molar-refractivity contribution in [3.8, 4) is 6.07 Å². The van der Waals surface area contributed by atoms with Crippen molar-refractivity contribution in [1.82, 2.24) is 0 Å². The third-order valence-corrected chi connectivity index (χ3v) is 1.66. The molecule has 1 aromatic carbocycles. The monoisotopic (exact) mass is 175 g/mol. The fraction of sp³-hybridized carbons (Fsp3) is 0.200. The molecule has 0 unspecified atom stereocenters. The van der Waals surface area contributed by atoms with Gasteiger partial charge in [-0.3, -0.25) is 4.79 Å². The Hall–Kier alpha value is -1.82. The molecule has 1 rings (SSSR count). The van der Waals surface area contributed by atoms with Crippen LogP contribution in [0.2, 0.25) is 0 Å². The average Bonchev–Trinajstić information content (AvgIpc) is 2.08. The van der Waals surface area contributed by atoms with Crippen molar-refractivity contribution in [1.29, 1.82) is 5.26 Å². The van der Waals surface area contributed by atoms with Gasteiger partial charge in [0, 0.05) is 0 Å². The molecule has 0 spiro atoms. The van der Waals surface area contributed by atoms with Gasteiger partial charge in [0.1, 0.15) is 0 Å². The molecule has 1 aromatic rings. The van der Waals surface area contributed by atoms with Crippen LogP contribution >= 0.6 is 0 Å². The predicted octanol–water partition coefficient (Wildman–Crippen LogP) is 1.38. The Kier molecular flexibility index (Phi) is 3.04. The molecular formula is C10H9NO2. The molecular weight excluding hydrogens is 166 g/mol. The second kappa shape index (κ2) is 4.27. The number of nitrogens with zero attached hydrogens (tertiary/aromatic N) is 1. The normalized spacial score (nSPS) is 9.15. The Bertz CT molecular complexity index is 335. The van der Waals surface area contributed by atoms with Gasteiger partial charge in [-0.15, -0.1) is 0 Å². The number of hydrogen-bond donors (Lipinski definition) is 1. The Labute approximate surface area is 76.2 Å². The molecule has 0 saturated heterocycles. The summed E-state index contributed by atoms with van der Waals surface area (Å²) >= 11 is 0. The fourth-order valence-electron chi connectivity index (χ4n) is 1.04. The van der Waals surface area contributed by atoms with Crippen LogP contribution in [0, 0.1) is 11.3 Å². The lowest BCUT2D eigenvalue weighted by Gasteiger charge is -1.97. The molecule has 0 saturated carbocycles. The molecule has 0 aromatic heterocycles. The molecule has 66 valence electrons. The molecule has 0 heterocycles. The van der Waals surface area contributed by atoms with Gasteiger partial charge >= 0.3 is 5.97 Å². The number of hydrogen-bond acceptors (Lipinski definition) is 2. The maximum absolute atomic E-state index is 10.3. The summed E-state index contributed by atoms with van der Waals surface area (Å²) in [6, 6.07) is 9.06. The highest BCUT2D eigenvalue weighted by molar-refractivity contribution is 5.70. The third-order valence-electron chi connectivity index (χ3n) is 1.66. The minimum atomic E-state index is -0.840. The van der Waals surface area contributed by atoms with Crippen molar-refractivity contribution in [2.45, 2.75) is 12.8 Å². The predicted molar refractivity (Wildman–Crippen MR) is 47.1 cm³/mol. The highest BCUT2D eigenvalue weighted by atomic mass is 16.4. The number of benzene rings is 1. The highest BCUT2D eigenvalue weighted by Crippen LogP contribution is 2.05. The van der Waals surface area contributed by atoms with Gasteiger partial charge in [0.2, 0.25) is 0 Å². The van der Waals surface area contributed by atoms with E-state index in [1.165, 1.54) is 0 Å². The average molecular weight is 175 g/mol. The second-order valence-electron chi connectivity index (χ2n) is 2.72. The molecule has 0 atom stereocenters. The first-order valence-corrected chi connectivity index (χ1v) is 3.89. The van der Waals surface area contributed by atoms with Crippen LogP contribution in [-0.4, -0.2) is 11.1 Å². The number of carbonyl (C=O) groups is 1. The number of carboxylic acid groups (broad SMARTS) is 1. The van der Waals surface area contributed by atoms with E-state index >= 15 is 0 Å². The highest BCUT2D eigenvalue weighted by Gasteiger charge is 1.99. The maximum Gasteiger partial charge on any atom is 0.307 e. The third kappa shape index (κ3) is 2.96. The van der Waals surface area contributed by atoms with Gasteiger partial charge in [-0.2, -0.15) is 5.26 Å². The smallest absolute Gasteiger partial charge is 0.307 e. The largest absolute Gasteiger partial charge is 0.481 e. The molecule has 0 aliphatic carbocycles. The maximum atomic E-state index is 10.3. The minimum Gasteiger partial charge on any atom is -0.481 e. The van der Waals surface area contributed by atoms with Crippen LogP contribution in [0.4, 0.5) is 0 Å². The standard InChI is InChI=1S/C10H9NO2/c11-6-5-8-1-3-9(4-2-8)7-10(12)13/h1-4H,5,7H2,(H,12,13). The lowest BCUT2D eigenvalue weighted by atomic mass is 10.1. The van der Waals surface area contributed by atoms with Crippen LogP contribution in [-0.2, 0) is 17.6 Å². The van der Waals surface area contributed by atoms with Crippen molar-refractivity contribution in [2.24, 2.45) is 0 Å². The van der Waals surface area contributed by atoms with Crippen LogP contribution in [0.1, 0.15) is 11.1 Å². The molecule has 0 fully saturated rings. The quantitative estimate of drug-likeness (QED) is 0.754. The van der Waals surface area contributed by atoms with E-state index in [4.69, 9.17) is 10.4 Å². The van der Waals surface area contributed by atoms with E-state index in [2.05, 4.69) is 0 Å². The topological polar surface area (TPSA) is 61.1 Å². The van der Waals surface area contributed by atoms with Crippen molar-refractivity contribution in [2.75, 3.05) is 0 Å². The summed E-state index contributed by atoms with van der Waals surface area (Å²) in [4.78, 5) is 10.3. The summed E-state index contributed by atoms with van der Waals surface area (Å²) in [5.41, 5.74) is 1.67. The van der Waals surface area contributed by atoms with Crippen LogP contribution in [0.3, 0.4) is 0 Å². The van der Waals surface area contributed by atoms with Crippen molar-refractivity contribution >= 4 is 5.97 Å². The van der Waals surface area contributed by atoms with E-state index in [0.29, 0.717) is 6.42 Å². The molecule has 0 aliphatic rings. The lowest BCUT2D eigenvalue weighted by molar-refractivity contribution is -0.136. The fourth-order valence-corrected chi connectivity index (χ4v) is 1.04. The number of aliphatic carboxylic acids is 1. The summed E-state index contributed by atoms with van der Waals surface area (Å²) in [7, 11) is 0. The van der Waals surface area contributed by atoms with E-state index in [1.807, 2.05) is 6.07 Å². The number of nitriles is 1. The summed E-state index contributed by atoms with van der Waals surface area (Å²) in [5, 5.41) is 16.9. The molecule has 0 bridgehead atoms. The zero-order valence-corrected chi connectivity index (χ0v) is 7.03. The Balaban J connectivity index is 2.70. The molecule has 0 radical (unpaired) electrons. The molecule has 0 aliphatic heterocycles. The number of rotatable bonds is 3. The van der Waals surface area contributed by atoms with Crippen molar-refractivity contribution < 1.29 is 9.90 Å². The Morgan fingerprint density at radius 1 is 1.31 bits per heavy atom. The van der Waals surface area contributed by atoms with Crippen LogP contribution in [0.15, 0.2) is 24.3 Å². The van der Waals surface area contributed by atoms with Gasteiger partial charge in [0.05, 0.1) is 18.9 Å². The first kappa shape index (κ1) is 9.27. The first-order valence-electron chi connectivity index (χ1n) is 3.89. The van der Waals surface area contributed by atoms with Crippen LogP contribution in [0.5, 0.6) is 0 Å². The van der Waals surface area contributed by atoms with Crippen LogP contribution < -0.4 is 0 Å². The summed E-state index contributed by atoms with van der Waals surface area (Å²) in [6.45, 7) is 0. The summed E-state index contributed by atoms with van der Waals surface area (Å²) < 4.78 is 0. The van der Waals surface area contributed by atoms with Crippen molar-refractivity contribution in [3.05, 3.63) is 35.4 Å². The zero-order chi connectivity index (χ0) is 9.68. The molecule has 0 amide bonds. The van der Waals surface area contributed by atoms with Gasteiger partial charge in [0.15, 0.2) is 0 Å². The van der Waals surface area contributed by atoms with Gasteiger partial charge in [-0.1, -0.05) is 24.3 Å². The molecule has 3 nitrogen and oxygen atoms in total. The molecule has 3 heteroatoms. The summed E-state index contributed by atoms with van der Waals surface area (Å²) in [5.74, 6) is -0.840. The van der Waals surface area contributed by atoms with Crippen molar-refractivity contribution in [3.63, 3.8) is 0 Å². The minimum absolute atomic E-state index is 0.0346. The van der Waals surface area contributed by atoms with Gasteiger partial charge < -0.3 is 5.11 Å².